The lowest BCUT2D eigenvalue weighted by Crippen LogP contribution is -2.42. The number of aliphatic imine (C=N–C) groups is 1. The lowest BCUT2D eigenvalue weighted by molar-refractivity contribution is 0.0899. The van der Waals surface area contributed by atoms with Gasteiger partial charge in [-0.25, -0.2) is 0 Å². The molecule has 0 aromatic rings. The molecule has 0 spiro atoms. The van der Waals surface area contributed by atoms with E-state index in [0.29, 0.717) is 6.54 Å². The summed E-state index contributed by atoms with van der Waals surface area (Å²) in [7, 11) is 0. The van der Waals surface area contributed by atoms with E-state index >= 15 is 0 Å². The Morgan fingerprint density at radius 1 is 1.57 bits per heavy atom. The number of amidine groups is 1. The molecule has 1 unspecified atom stereocenters. The molecule has 0 bridgehead atoms. The smallest absolute Gasteiger partial charge is 0.0964 e. The first-order valence-corrected chi connectivity index (χ1v) is 6.52. The first-order valence-electron chi connectivity index (χ1n) is 5.12. The summed E-state index contributed by atoms with van der Waals surface area (Å²) in [6, 6.07) is 0. The van der Waals surface area contributed by atoms with Crippen molar-refractivity contribution in [2.75, 3.05) is 25.1 Å². The number of hydrogen-bond acceptors (Lipinski definition) is 4. The van der Waals surface area contributed by atoms with Crippen molar-refractivity contribution in [1.29, 1.82) is 0 Å². The van der Waals surface area contributed by atoms with Crippen molar-refractivity contribution in [3.63, 3.8) is 0 Å². The van der Waals surface area contributed by atoms with Crippen LogP contribution in [0.3, 0.4) is 0 Å². The van der Waals surface area contributed by atoms with Crippen molar-refractivity contribution in [2.24, 2.45) is 4.99 Å². The molecule has 2 N–H and O–H groups in total. The molecule has 1 heterocycles. The molecule has 1 atom stereocenters. The predicted octanol–water partition coefficient (Wildman–Crippen LogP) is 1.27. The van der Waals surface area contributed by atoms with Crippen LogP contribution < -0.4 is 5.32 Å². The van der Waals surface area contributed by atoms with Crippen LogP contribution in [0.15, 0.2) is 4.99 Å². The molecule has 0 saturated carbocycles. The minimum atomic E-state index is -0.626. The molecule has 14 heavy (non-hydrogen) atoms. The van der Waals surface area contributed by atoms with Crippen LogP contribution in [0.4, 0.5) is 0 Å². The maximum Gasteiger partial charge on any atom is 0.0964 e. The van der Waals surface area contributed by atoms with E-state index in [1.807, 2.05) is 13.2 Å². The Labute approximate surface area is 90.4 Å². The van der Waals surface area contributed by atoms with Gasteiger partial charge in [0.1, 0.15) is 0 Å². The fourth-order valence-corrected chi connectivity index (χ4v) is 2.22. The quantitative estimate of drug-likeness (QED) is 0.744. The van der Waals surface area contributed by atoms with E-state index < -0.39 is 5.60 Å². The maximum atomic E-state index is 9.91. The van der Waals surface area contributed by atoms with Crippen LogP contribution in [-0.2, 0) is 0 Å². The molecule has 0 aromatic carbocycles. The summed E-state index contributed by atoms with van der Waals surface area (Å²) in [5.74, 6) is 1.82. The zero-order valence-electron chi connectivity index (χ0n) is 9.05. The summed E-state index contributed by atoms with van der Waals surface area (Å²) in [5.41, 5.74) is -0.626. The van der Waals surface area contributed by atoms with Crippen LogP contribution in [0.25, 0.3) is 0 Å². The topological polar surface area (TPSA) is 44.6 Å². The number of rotatable bonds is 4. The van der Waals surface area contributed by atoms with Gasteiger partial charge < -0.3 is 10.4 Å². The van der Waals surface area contributed by atoms with Crippen molar-refractivity contribution in [3.8, 4) is 0 Å². The van der Waals surface area contributed by atoms with Gasteiger partial charge in [-0.2, -0.15) is 11.8 Å². The number of thioether (sulfide) groups is 1. The van der Waals surface area contributed by atoms with Crippen LogP contribution in [0.2, 0.25) is 0 Å². The Kier molecular flexibility index (Phi) is 4.75. The predicted molar refractivity (Wildman–Crippen MR) is 63.2 cm³/mol. The van der Waals surface area contributed by atoms with Gasteiger partial charge in [-0.3, -0.25) is 4.99 Å². The second-order valence-electron chi connectivity index (χ2n) is 4.07. The number of nitrogens with one attached hydrogen (secondary N) is 1. The van der Waals surface area contributed by atoms with Gasteiger partial charge in [-0.05, 0) is 26.0 Å². The maximum absolute atomic E-state index is 9.91. The molecule has 3 nitrogen and oxygen atoms in total. The highest BCUT2D eigenvalue weighted by Crippen LogP contribution is 2.10. The van der Waals surface area contributed by atoms with Crippen molar-refractivity contribution < 1.29 is 5.11 Å². The molecule has 1 rings (SSSR count). The van der Waals surface area contributed by atoms with E-state index in [-0.39, 0.29) is 0 Å². The molecule has 4 heteroatoms. The highest BCUT2D eigenvalue weighted by Gasteiger charge is 2.19. The number of nitrogens with zero attached hydrogens (tertiary/aromatic N) is 1. The molecule has 0 radical (unpaired) electrons. The molecule has 0 amide bonds. The van der Waals surface area contributed by atoms with Gasteiger partial charge in [-0.15, -0.1) is 0 Å². The van der Waals surface area contributed by atoms with Crippen LogP contribution in [0.5, 0.6) is 0 Å². The van der Waals surface area contributed by atoms with E-state index in [2.05, 4.69) is 10.3 Å². The summed E-state index contributed by atoms with van der Waals surface area (Å²) in [6.07, 6.45) is 5.46. The molecule has 0 aliphatic carbocycles. The Hall–Kier alpha value is -0.220. The lowest BCUT2D eigenvalue weighted by atomic mass is 10.1. The van der Waals surface area contributed by atoms with Crippen LogP contribution in [0.1, 0.15) is 26.2 Å². The Bertz CT molecular complexity index is 204. The molecule has 0 fully saturated rings. The van der Waals surface area contributed by atoms with Crippen molar-refractivity contribution in [2.45, 2.75) is 31.8 Å². The van der Waals surface area contributed by atoms with Crippen molar-refractivity contribution in [1.82, 2.24) is 5.32 Å². The average Bonchev–Trinajstić information content (AvgIpc) is 2.17. The summed E-state index contributed by atoms with van der Waals surface area (Å²) in [6.45, 7) is 3.40. The van der Waals surface area contributed by atoms with Gasteiger partial charge in [0.15, 0.2) is 0 Å². The normalized spacial score (nSPS) is 21.2. The molecular formula is C10H20N2OS. The Balaban J connectivity index is 2.27. The van der Waals surface area contributed by atoms with E-state index in [9.17, 15) is 5.11 Å². The number of aliphatic hydroxyl groups is 1. The SMILES string of the molecule is CSCC(C)(O)CNC1=NCCCC1. The lowest BCUT2D eigenvalue weighted by Gasteiger charge is -2.24. The summed E-state index contributed by atoms with van der Waals surface area (Å²) in [5, 5.41) is 13.1. The van der Waals surface area contributed by atoms with Crippen molar-refractivity contribution in [3.05, 3.63) is 0 Å². The molecule has 1 aliphatic heterocycles. The first kappa shape index (κ1) is 11.9. The van der Waals surface area contributed by atoms with Crippen LogP contribution in [-0.4, -0.2) is 41.6 Å². The van der Waals surface area contributed by atoms with Crippen LogP contribution >= 0.6 is 11.8 Å². The highest BCUT2D eigenvalue weighted by molar-refractivity contribution is 7.98. The Morgan fingerprint density at radius 3 is 2.93 bits per heavy atom. The average molecular weight is 216 g/mol. The molecule has 0 saturated heterocycles. The standard InChI is InChI=1S/C10H20N2OS/c1-10(13,8-14-2)7-12-9-5-3-4-6-11-9/h13H,3-8H2,1-2H3,(H,11,12). The van der Waals surface area contributed by atoms with Crippen LogP contribution in [0, 0.1) is 0 Å². The molecular weight excluding hydrogens is 196 g/mol. The third-order valence-corrected chi connectivity index (χ3v) is 3.16. The second kappa shape index (κ2) is 5.61. The summed E-state index contributed by atoms with van der Waals surface area (Å²) in [4.78, 5) is 4.38. The third kappa shape index (κ3) is 4.33. The fraction of sp³-hybridized carbons (Fsp3) is 0.900. The van der Waals surface area contributed by atoms with Gasteiger partial charge in [-0.1, -0.05) is 0 Å². The highest BCUT2D eigenvalue weighted by atomic mass is 32.2. The minimum Gasteiger partial charge on any atom is -0.387 e. The second-order valence-corrected chi connectivity index (χ2v) is 4.94. The zero-order chi connectivity index (χ0) is 10.4. The monoisotopic (exact) mass is 216 g/mol. The fourth-order valence-electron chi connectivity index (χ4n) is 1.50. The van der Waals surface area contributed by atoms with Gasteiger partial charge in [0.05, 0.1) is 11.4 Å². The van der Waals surface area contributed by atoms with Gasteiger partial charge in [0.2, 0.25) is 0 Å². The third-order valence-electron chi connectivity index (χ3n) is 2.25. The Morgan fingerprint density at radius 2 is 2.36 bits per heavy atom. The van der Waals surface area contributed by atoms with Gasteiger partial charge in [0, 0.05) is 25.3 Å². The summed E-state index contributed by atoms with van der Waals surface area (Å²) < 4.78 is 0. The van der Waals surface area contributed by atoms with Gasteiger partial charge in [0.25, 0.3) is 0 Å². The van der Waals surface area contributed by atoms with E-state index in [1.165, 1.54) is 12.8 Å². The zero-order valence-corrected chi connectivity index (χ0v) is 9.86. The van der Waals surface area contributed by atoms with E-state index in [0.717, 1.165) is 24.6 Å². The first-order chi connectivity index (χ1) is 6.64. The number of hydrogen-bond donors (Lipinski definition) is 2. The van der Waals surface area contributed by atoms with Gasteiger partial charge >= 0.3 is 0 Å². The van der Waals surface area contributed by atoms with E-state index in [4.69, 9.17) is 0 Å². The minimum absolute atomic E-state index is 0.604. The summed E-state index contributed by atoms with van der Waals surface area (Å²) >= 11 is 1.67. The molecule has 0 aromatic heterocycles. The van der Waals surface area contributed by atoms with Crippen molar-refractivity contribution >= 4 is 17.6 Å². The molecule has 1 aliphatic rings. The van der Waals surface area contributed by atoms with E-state index in [1.54, 1.807) is 11.8 Å². The molecule has 82 valence electrons. The largest absolute Gasteiger partial charge is 0.387 e.